The summed E-state index contributed by atoms with van der Waals surface area (Å²) in [6.07, 6.45) is 1.48. The summed E-state index contributed by atoms with van der Waals surface area (Å²) < 4.78 is 13.3. The van der Waals surface area contributed by atoms with Crippen molar-refractivity contribution in [2.24, 2.45) is 7.05 Å². The molecule has 2 atom stereocenters. The second kappa shape index (κ2) is 5.02. The van der Waals surface area contributed by atoms with Crippen molar-refractivity contribution in [2.75, 3.05) is 13.2 Å². The fourth-order valence-corrected chi connectivity index (χ4v) is 2.15. The van der Waals surface area contributed by atoms with Gasteiger partial charge in [0, 0.05) is 20.1 Å². The molecule has 2 aliphatic heterocycles. The molecule has 0 N–H and O–H groups in total. The van der Waals surface area contributed by atoms with Crippen LogP contribution < -0.4 is 17.1 Å². The molecule has 0 aromatic carbocycles. The van der Waals surface area contributed by atoms with Gasteiger partial charge in [-0.05, 0) is 12.8 Å². The first-order valence-electron chi connectivity index (χ1n) is 6.72. The average molecular weight is 283 g/mol. The summed E-state index contributed by atoms with van der Waals surface area (Å²) in [7, 11) is 1.39. The molecule has 110 valence electrons. The van der Waals surface area contributed by atoms with Crippen molar-refractivity contribution < 1.29 is 9.47 Å². The zero-order chi connectivity index (χ0) is 14.3. The Morgan fingerprint density at radius 2 is 1.30 bits per heavy atom. The van der Waals surface area contributed by atoms with Crippen molar-refractivity contribution in [1.82, 2.24) is 13.7 Å². The number of aromatic nitrogens is 3. The van der Waals surface area contributed by atoms with Gasteiger partial charge in [-0.15, -0.1) is 0 Å². The number of hydrogen-bond acceptors (Lipinski definition) is 5. The molecule has 8 heteroatoms. The van der Waals surface area contributed by atoms with Crippen molar-refractivity contribution >= 4 is 0 Å². The lowest BCUT2D eigenvalue weighted by Gasteiger charge is -2.10. The predicted molar refractivity (Wildman–Crippen MR) is 68.9 cm³/mol. The lowest BCUT2D eigenvalue weighted by Crippen LogP contribution is -2.53. The maximum absolute atomic E-state index is 12.3. The zero-order valence-corrected chi connectivity index (χ0v) is 11.3. The van der Waals surface area contributed by atoms with Gasteiger partial charge in [-0.1, -0.05) is 0 Å². The van der Waals surface area contributed by atoms with Gasteiger partial charge in [0.15, 0.2) is 0 Å². The minimum Gasteiger partial charge on any atom is -0.373 e. The highest BCUT2D eigenvalue weighted by atomic mass is 16.6. The Labute approximate surface area is 114 Å². The summed E-state index contributed by atoms with van der Waals surface area (Å²) >= 11 is 0. The molecule has 2 unspecified atom stereocenters. The molecule has 3 rings (SSSR count). The van der Waals surface area contributed by atoms with Crippen molar-refractivity contribution in [3.05, 3.63) is 31.5 Å². The van der Waals surface area contributed by atoms with Gasteiger partial charge in [-0.2, -0.15) is 0 Å². The Hall–Kier alpha value is -1.67. The molecule has 0 saturated carbocycles. The van der Waals surface area contributed by atoms with Crippen LogP contribution in [0.15, 0.2) is 14.4 Å². The molecule has 20 heavy (non-hydrogen) atoms. The van der Waals surface area contributed by atoms with Gasteiger partial charge in [0.1, 0.15) is 0 Å². The fraction of sp³-hybridized carbons (Fsp3) is 0.750. The van der Waals surface area contributed by atoms with Crippen LogP contribution in [0.2, 0.25) is 0 Å². The van der Waals surface area contributed by atoms with Gasteiger partial charge in [0.2, 0.25) is 0 Å². The molecular weight excluding hydrogens is 266 g/mol. The lowest BCUT2D eigenvalue weighted by molar-refractivity contribution is 0.361. The first kappa shape index (κ1) is 13.3. The minimum atomic E-state index is -0.570. The van der Waals surface area contributed by atoms with Gasteiger partial charge in [-0.3, -0.25) is 0 Å². The Bertz CT molecular complexity index is 624. The molecule has 1 aromatic rings. The highest BCUT2D eigenvalue weighted by Crippen LogP contribution is 2.14. The zero-order valence-electron chi connectivity index (χ0n) is 11.3. The van der Waals surface area contributed by atoms with E-state index in [1.807, 2.05) is 0 Å². The Morgan fingerprint density at radius 1 is 0.900 bits per heavy atom. The van der Waals surface area contributed by atoms with Gasteiger partial charge in [-0.25, -0.2) is 28.1 Å². The van der Waals surface area contributed by atoms with Crippen LogP contribution in [0.25, 0.3) is 0 Å². The van der Waals surface area contributed by atoms with Gasteiger partial charge < -0.3 is 9.47 Å². The van der Waals surface area contributed by atoms with Crippen LogP contribution in [0.4, 0.5) is 0 Å². The monoisotopic (exact) mass is 283 g/mol. The van der Waals surface area contributed by atoms with Crippen LogP contribution in [0.3, 0.4) is 0 Å². The van der Waals surface area contributed by atoms with Crippen LogP contribution in [-0.4, -0.2) is 39.1 Å². The van der Waals surface area contributed by atoms with E-state index in [0.29, 0.717) is 26.1 Å². The fourth-order valence-electron chi connectivity index (χ4n) is 2.15. The van der Waals surface area contributed by atoms with E-state index in [-0.39, 0.29) is 25.3 Å². The highest BCUT2D eigenvalue weighted by Gasteiger charge is 2.25. The van der Waals surface area contributed by atoms with E-state index in [9.17, 15) is 14.4 Å². The van der Waals surface area contributed by atoms with Crippen molar-refractivity contribution in [3.8, 4) is 0 Å². The van der Waals surface area contributed by atoms with Crippen LogP contribution in [0.5, 0.6) is 0 Å². The summed E-state index contributed by atoms with van der Waals surface area (Å²) in [4.78, 5) is 36.2. The molecule has 0 aliphatic carbocycles. The molecule has 2 saturated heterocycles. The highest BCUT2D eigenvalue weighted by molar-refractivity contribution is 4.80. The number of ether oxygens (including phenoxy) is 2. The van der Waals surface area contributed by atoms with E-state index in [4.69, 9.17) is 9.47 Å². The van der Waals surface area contributed by atoms with E-state index in [1.165, 1.54) is 7.05 Å². The SMILES string of the molecule is Cn1c(=O)n(CCC2CO2)c(=O)n(CCC2CO2)c1=O. The van der Waals surface area contributed by atoms with Crippen molar-refractivity contribution in [1.29, 1.82) is 0 Å². The van der Waals surface area contributed by atoms with E-state index >= 15 is 0 Å². The van der Waals surface area contributed by atoms with Crippen LogP contribution >= 0.6 is 0 Å². The normalized spacial score (nSPS) is 23.9. The Kier molecular flexibility index (Phi) is 3.35. The third-order valence-electron chi connectivity index (χ3n) is 3.65. The average Bonchev–Trinajstić information content (AvgIpc) is 3.29. The Morgan fingerprint density at radius 3 is 1.65 bits per heavy atom. The minimum absolute atomic E-state index is 0.131. The summed E-state index contributed by atoms with van der Waals surface area (Å²) in [5, 5.41) is 0. The molecule has 2 fully saturated rings. The number of hydrogen-bond donors (Lipinski definition) is 0. The summed E-state index contributed by atoms with van der Waals surface area (Å²) in [6, 6.07) is 0. The molecule has 8 nitrogen and oxygen atoms in total. The third-order valence-corrected chi connectivity index (χ3v) is 3.65. The van der Waals surface area contributed by atoms with Crippen LogP contribution in [0.1, 0.15) is 12.8 Å². The summed E-state index contributed by atoms with van der Waals surface area (Å²) in [6.45, 7) is 1.90. The third kappa shape index (κ3) is 2.61. The first-order chi connectivity index (χ1) is 9.58. The maximum Gasteiger partial charge on any atom is 0.336 e. The van der Waals surface area contributed by atoms with Gasteiger partial charge in [0.05, 0.1) is 25.4 Å². The largest absolute Gasteiger partial charge is 0.373 e. The van der Waals surface area contributed by atoms with Gasteiger partial charge >= 0.3 is 17.1 Å². The first-order valence-corrected chi connectivity index (χ1v) is 6.72. The molecule has 0 bridgehead atoms. The number of rotatable bonds is 6. The standard InChI is InChI=1S/C12H17N3O5/c1-13-10(16)14(4-2-8-6-19-8)12(18)15(11(13)17)5-3-9-7-20-9/h8-9H,2-7H2,1H3. The molecule has 0 spiro atoms. The van der Waals surface area contributed by atoms with E-state index in [1.54, 1.807) is 0 Å². The van der Waals surface area contributed by atoms with E-state index < -0.39 is 17.1 Å². The second-order valence-corrected chi connectivity index (χ2v) is 5.20. The summed E-state index contributed by atoms with van der Waals surface area (Å²) in [5.74, 6) is 0. The lowest BCUT2D eigenvalue weighted by atomic mass is 10.3. The van der Waals surface area contributed by atoms with E-state index in [0.717, 1.165) is 13.7 Å². The van der Waals surface area contributed by atoms with Crippen LogP contribution in [0, 0.1) is 0 Å². The summed E-state index contributed by atoms with van der Waals surface area (Å²) in [5.41, 5.74) is -1.68. The quantitative estimate of drug-likeness (QED) is 0.580. The molecule has 0 amide bonds. The van der Waals surface area contributed by atoms with Crippen LogP contribution in [-0.2, 0) is 29.6 Å². The molecule has 1 aromatic heterocycles. The maximum atomic E-state index is 12.3. The molecule has 0 radical (unpaired) electrons. The van der Waals surface area contributed by atoms with Crippen molar-refractivity contribution in [3.63, 3.8) is 0 Å². The van der Waals surface area contributed by atoms with E-state index in [2.05, 4.69) is 0 Å². The predicted octanol–water partition coefficient (Wildman–Crippen LogP) is -1.71. The number of epoxide rings is 2. The van der Waals surface area contributed by atoms with Crippen molar-refractivity contribution in [2.45, 2.75) is 38.1 Å². The van der Waals surface area contributed by atoms with Gasteiger partial charge in [0.25, 0.3) is 0 Å². The molecule has 3 heterocycles. The smallest absolute Gasteiger partial charge is 0.336 e. The number of nitrogens with zero attached hydrogens (tertiary/aromatic N) is 3. The Balaban J connectivity index is 1.92. The molecule has 2 aliphatic rings. The topological polar surface area (TPSA) is 91.1 Å². The molecular formula is C12H17N3O5. The second-order valence-electron chi connectivity index (χ2n) is 5.20.